The molecule has 2 rings (SSSR count). The van der Waals surface area contributed by atoms with Gasteiger partial charge in [-0.3, -0.25) is 4.79 Å². The van der Waals surface area contributed by atoms with Gasteiger partial charge in [-0.05, 0) is 63.0 Å². The number of carbonyl (C=O) groups is 1. The van der Waals surface area contributed by atoms with E-state index in [1.165, 1.54) is 12.1 Å². The van der Waals surface area contributed by atoms with Crippen molar-refractivity contribution in [1.29, 1.82) is 0 Å². The molecule has 0 spiro atoms. The average molecular weight is 390 g/mol. The Bertz CT molecular complexity index is 625. The van der Waals surface area contributed by atoms with Crippen LogP contribution in [0.1, 0.15) is 17.4 Å². The van der Waals surface area contributed by atoms with E-state index in [2.05, 4.69) is 37.2 Å². The fourth-order valence-corrected chi connectivity index (χ4v) is 2.52. The maximum Gasteiger partial charge on any atom is 0.272 e. The van der Waals surface area contributed by atoms with Crippen molar-refractivity contribution in [3.8, 4) is 0 Å². The zero-order chi connectivity index (χ0) is 14.0. The van der Waals surface area contributed by atoms with Crippen molar-refractivity contribution in [2.45, 2.75) is 13.5 Å². The molecule has 0 saturated heterocycles. The number of amides is 1. The quantitative estimate of drug-likeness (QED) is 0.827. The third-order valence-electron chi connectivity index (χ3n) is 2.61. The second-order valence-corrected chi connectivity index (χ2v) is 5.68. The largest absolute Gasteiger partial charge is 0.343 e. The Labute approximate surface area is 127 Å². The number of nitrogens with one attached hydrogen (secondary N) is 1. The maximum atomic E-state index is 13.2. The minimum absolute atomic E-state index is 0.279. The van der Waals surface area contributed by atoms with E-state index in [9.17, 15) is 9.18 Å². The lowest BCUT2D eigenvalue weighted by atomic mass is 10.3. The second kappa shape index (κ2) is 5.88. The van der Waals surface area contributed by atoms with Crippen LogP contribution in [0.15, 0.2) is 39.4 Å². The van der Waals surface area contributed by atoms with Gasteiger partial charge in [0.1, 0.15) is 11.5 Å². The van der Waals surface area contributed by atoms with Crippen LogP contribution in [0.2, 0.25) is 0 Å². The molecule has 0 aliphatic rings. The highest BCUT2D eigenvalue weighted by Crippen LogP contribution is 2.24. The predicted molar refractivity (Wildman–Crippen MR) is 79.9 cm³/mol. The Balaban J connectivity index is 2.27. The molecular weight excluding hydrogens is 379 g/mol. The molecule has 0 radical (unpaired) electrons. The van der Waals surface area contributed by atoms with Gasteiger partial charge >= 0.3 is 0 Å². The van der Waals surface area contributed by atoms with Crippen molar-refractivity contribution >= 4 is 43.5 Å². The van der Waals surface area contributed by atoms with E-state index in [0.29, 0.717) is 22.4 Å². The lowest BCUT2D eigenvalue weighted by molar-refractivity contribution is 0.101. The smallest absolute Gasteiger partial charge is 0.272 e. The minimum atomic E-state index is -0.398. The van der Waals surface area contributed by atoms with Crippen LogP contribution in [0.25, 0.3) is 0 Å². The van der Waals surface area contributed by atoms with Gasteiger partial charge in [-0.25, -0.2) is 4.39 Å². The van der Waals surface area contributed by atoms with E-state index < -0.39 is 5.82 Å². The predicted octanol–water partition coefficient (Wildman–Crippen LogP) is 4.42. The highest BCUT2D eigenvalue weighted by molar-refractivity contribution is 9.10. The van der Waals surface area contributed by atoms with Crippen LogP contribution in [0.4, 0.5) is 10.1 Å². The van der Waals surface area contributed by atoms with Crippen LogP contribution in [-0.4, -0.2) is 10.5 Å². The number of benzene rings is 1. The first-order valence-electron chi connectivity index (χ1n) is 5.63. The van der Waals surface area contributed by atoms with Crippen molar-refractivity contribution in [1.82, 2.24) is 4.57 Å². The molecular formula is C13H11Br2FN2O. The van der Waals surface area contributed by atoms with E-state index in [4.69, 9.17) is 0 Å². The topological polar surface area (TPSA) is 34.0 Å². The van der Waals surface area contributed by atoms with E-state index in [1.807, 2.05) is 17.7 Å². The number of hydrogen-bond acceptors (Lipinski definition) is 1. The molecule has 1 aromatic carbocycles. The van der Waals surface area contributed by atoms with Crippen LogP contribution in [0.5, 0.6) is 0 Å². The number of anilines is 1. The fourth-order valence-electron chi connectivity index (χ4n) is 1.71. The number of halogens is 3. The van der Waals surface area contributed by atoms with Crippen LogP contribution < -0.4 is 5.32 Å². The molecule has 0 saturated carbocycles. The van der Waals surface area contributed by atoms with E-state index >= 15 is 0 Å². The van der Waals surface area contributed by atoms with Gasteiger partial charge in [-0.1, -0.05) is 0 Å². The summed E-state index contributed by atoms with van der Waals surface area (Å²) in [4.78, 5) is 12.2. The lowest BCUT2D eigenvalue weighted by Crippen LogP contribution is -2.16. The summed E-state index contributed by atoms with van der Waals surface area (Å²) in [6.07, 6.45) is 1.83. The summed E-state index contributed by atoms with van der Waals surface area (Å²) < 4.78 is 16.4. The number of carbonyl (C=O) groups excluding carboxylic acids is 1. The molecule has 1 amide bonds. The van der Waals surface area contributed by atoms with Gasteiger partial charge in [0.15, 0.2) is 0 Å². The Hall–Kier alpha value is -1.14. The molecule has 0 aliphatic heterocycles. The van der Waals surface area contributed by atoms with Gasteiger partial charge < -0.3 is 9.88 Å². The van der Waals surface area contributed by atoms with Crippen molar-refractivity contribution in [2.75, 3.05) is 5.32 Å². The molecule has 100 valence electrons. The van der Waals surface area contributed by atoms with E-state index in [0.717, 1.165) is 4.47 Å². The lowest BCUT2D eigenvalue weighted by Gasteiger charge is -2.09. The molecule has 6 heteroatoms. The molecule has 19 heavy (non-hydrogen) atoms. The Morgan fingerprint density at radius 3 is 2.79 bits per heavy atom. The third-order valence-corrected chi connectivity index (χ3v) is 3.74. The molecule has 0 fully saturated rings. The van der Waals surface area contributed by atoms with Crippen LogP contribution in [-0.2, 0) is 6.54 Å². The Kier molecular flexibility index (Phi) is 4.42. The summed E-state index contributed by atoms with van der Waals surface area (Å²) in [6.45, 7) is 2.62. The molecule has 0 atom stereocenters. The van der Waals surface area contributed by atoms with Crippen molar-refractivity contribution < 1.29 is 9.18 Å². The highest BCUT2D eigenvalue weighted by atomic mass is 79.9. The SMILES string of the molecule is CCn1cc(Br)cc1C(=O)Nc1cc(F)ccc1Br. The Morgan fingerprint density at radius 1 is 1.37 bits per heavy atom. The monoisotopic (exact) mass is 388 g/mol. The summed E-state index contributed by atoms with van der Waals surface area (Å²) in [5.41, 5.74) is 0.926. The van der Waals surface area contributed by atoms with Crippen molar-refractivity contribution in [2.24, 2.45) is 0 Å². The number of aryl methyl sites for hydroxylation is 1. The molecule has 3 nitrogen and oxygen atoms in total. The van der Waals surface area contributed by atoms with Gasteiger partial charge in [0.2, 0.25) is 0 Å². The number of nitrogens with zero attached hydrogens (tertiary/aromatic N) is 1. The summed E-state index contributed by atoms with van der Waals surface area (Å²) in [5, 5.41) is 2.69. The zero-order valence-corrected chi connectivity index (χ0v) is 13.3. The zero-order valence-electron chi connectivity index (χ0n) is 10.1. The standard InChI is InChI=1S/C13H11Br2FN2O/c1-2-18-7-8(14)5-12(18)13(19)17-11-6-9(16)3-4-10(11)15/h3-7H,2H2,1H3,(H,17,19). The maximum absolute atomic E-state index is 13.2. The van der Waals surface area contributed by atoms with E-state index in [1.54, 1.807) is 12.1 Å². The molecule has 1 heterocycles. The van der Waals surface area contributed by atoms with Gasteiger partial charge in [-0.15, -0.1) is 0 Å². The fraction of sp³-hybridized carbons (Fsp3) is 0.154. The summed E-state index contributed by atoms with van der Waals surface area (Å²) in [7, 11) is 0. The molecule has 0 unspecified atom stereocenters. The molecule has 2 aromatic rings. The molecule has 1 N–H and O–H groups in total. The second-order valence-electron chi connectivity index (χ2n) is 3.91. The minimum Gasteiger partial charge on any atom is -0.343 e. The van der Waals surface area contributed by atoms with Crippen LogP contribution in [0.3, 0.4) is 0 Å². The van der Waals surface area contributed by atoms with Gasteiger partial charge in [0.05, 0.1) is 5.69 Å². The molecule has 1 aromatic heterocycles. The normalized spacial score (nSPS) is 10.5. The first-order chi connectivity index (χ1) is 9.01. The van der Waals surface area contributed by atoms with Gasteiger partial charge in [-0.2, -0.15) is 0 Å². The van der Waals surface area contributed by atoms with Crippen LogP contribution in [0, 0.1) is 5.82 Å². The number of hydrogen-bond donors (Lipinski definition) is 1. The first kappa shape index (κ1) is 14.3. The summed E-state index contributed by atoms with van der Waals surface area (Å²) >= 11 is 6.61. The van der Waals surface area contributed by atoms with Crippen LogP contribution >= 0.6 is 31.9 Å². The molecule has 0 bridgehead atoms. The Morgan fingerprint density at radius 2 is 2.11 bits per heavy atom. The molecule has 0 aliphatic carbocycles. The van der Waals surface area contributed by atoms with Gasteiger partial charge in [0.25, 0.3) is 5.91 Å². The van der Waals surface area contributed by atoms with E-state index in [-0.39, 0.29) is 5.91 Å². The summed E-state index contributed by atoms with van der Waals surface area (Å²) in [6, 6.07) is 5.88. The van der Waals surface area contributed by atoms with Gasteiger partial charge in [0, 0.05) is 21.7 Å². The average Bonchev–Trinajstić information content (AvgIpc) is 2.75. The first-order valence-corrected chi connectivity index (χ1v) is 7.22. The van der Waals surface area contributed by atoms with Crippen molar-refractivity contribution in [3.63, 3.8) is 0 Å². The highest BCUT2D eigenvalue weighted by Gasteiger charge is 2.14. The number of rotatable bonds is 3. The summed E-state index contributed by atoms with van der Waals surface area (Å²) in [5.74, 6) is -0.676. The third kappa shape index (κ3) is 3.25. The van der Waals surface area contributed by atoms with Crippen molar-refractivity contribution in [3.05, 3.63) is 50.9 Å². The number of aromatic nitrogens is 1.